The van der Waals surface area contributed by atoms with Gasteiger partial charge in [-0.25, -0.2) is 0 Å². The molecule has 0 spiro atoms. The van der Waals surface area contributed by atoms with E-state index in [1.165, 1.54) is 0 Å². The van der Waals surface area contributed by atoms with Gasteiger partial charge in [0.1, 0.15) is 0 Å². The van der Waals surface area contributed by atoms with Gasteiger partial charge in [-0.1, -0.05) is 6.07 Å². The van der Waals surface area contributed by atoms with E-state index < -0.39 is 0 Å². The lowest BCUT2D eigenvalue weighted by Gasteiger charge is -2.19. The van der Waals surface area contributed by atoms with E-state index >= 15 is 0 Å². The predicted octanol–water partition coefficient (Wildman–Crippen LogP) is 1.28. The molecular formula is C12H20N4. The van der Waals surface area contributed by atoms with Crippen molar-refractivity contribution in [2.45, 2.75) is 20.3 Å². The van der Waals surface area contributed by atoms with Crippen LogP contribution in [0.3, 0.4) is 0 Å². The van der Waals surface area contributed by atoms with Crippen molar-refractivity contribution in [3.05, 3.63) is 30.1 Å². The van der Waals surface area contributed by atoms with Gasteiger partial charge in [-0.2, -0.15) is 0 Å². The first-order chi connectivity index (χ1) is 7.77. The number of hydrogen-bond donors (Lipinski definition) is 1. The fourth-order valence-electron chi connectivity index (χ4n) is 1.48. The van der Waals surface area contributed by atoms with Crippen molar-refractivity contribution in [3.63, 3.8) is 0 Å². The highest BCUT2D eigenvalue weighted by Crippen LogP contribution is 1.95. The molecule has 2 N–H and O–H groups in total. The number of rotatable bonds is 5. The van der Waals surface area contributed by atoms with Gasteiger partial charge < -0.3 is 10.6 Å². The van der Waals surface area contributed by atoms with Crippen LogP contribution in [0.1, 0.15) is 19.5 Å². The summed E-state index contributed by atoms with van der Waals surface area (Å²) in [5, 5.41) is 0. The predicted molar refractivity (Wildman–Crippen MR) is 67.4 cm³/mol. The van der Waals surface area contributed by atoms with Crippen molar-refractivity contribution >= 4 is 5.96 Å². The number of hydrogen-bond acceptors (Lipinski definition) is 2. The molecule has 0 radical (unpaired) electrons. The summed E-state index contributed by atoms with van der Waals surface area (Å²) in [6.45, 7) is 6.64. The van der Waals surface area contributed by atoms with Crippen LogP contribution in [-0.2, 0) is 6.42 Å². The molecule has 0 bridgehead atoms. The van der Waals surface area contributed by atoms with Crippen molar-refractivity contribution < 1.29 is 0 Å². The summed E-state index contributed by atoms with van der Waals surface area (Å²) in [6.07, 6.45) is 2.63. The van der Waals surface area contributed by atoms with Gasteiger partial charge in [0.15, 0.2) is 5.96 Å². The van der Waals surface area contributed by atoms with Gasteiger partial charge in [-0.15, -0.1) is 0 Å². The molecule has 0 aliphatic heterocycles. The van der Waals surface area contributed by atoms with Gasteiger partial charge in [0.2, 0.25) is 0 Å². The molecule has 4 heteroatoms. The topological polar surface area (TPSA) is 54.5 Å². The zero-order chi connectivity index (χ0) is 11.8. The maximum Gasteiger partial charge on any atom is 0.191 e. The van der Waals surface area contributed by atoms with Crippen LogP contribution in [-0.4, -0.2) is 35.5 Å². The van der Waals surface area contributed by atoms with Crippen LogP contribution in [0.25, 0.3) is 0 Å². The Morgan fingerprint density at radius 1 is 1.38 bits per heavy atom. The van der Waals surface area contributed by atoms with Crippen molar-refractivity contribution in [1.29, 1.82) is 0 Å². The van der Waals surface area contributed by atoms with Gasteiger partial charge in [-0.3, -0.25) is 9.98 Å². The van der Waals surface area contributed by atoms with E-state index in [-0.39, 0.29) is 0 Å². The third-order valence-corrected chi connectivity index (χ3v) is 2.46. The van der Waals surface area contributed by atoms with Gasteiger partial charge in [0, 0.05) is 37.9 Å². The van der Waals surface area contributed by atoms with Crippen LogP contribution in [0.2, 0.25) is 0 Å². The standard InChI is InChI=1S/C12H20N4/c1-3-16(4-2)12(13)15-10-8-11-7-5-6-9-14-11/h5-7,9H,3-4,8,10H2,1-2H3,(H2,13,15). The minimum absolute atomic E-state index is 0.626. The molecule has 4 nitrogen and oxygen atoms in total. The molecule has 0 saturated heterocycles. The van der Waals surface area contributed by atoms with Gasteiger partial charge >= 0.3 is 0 Å². The second kappa shape index (κ2) is 6.82. The van der Waals surface area contributed by atoms with Gasteiger partial charge in [-0.05, 0) is 26.0 Å². The van der Waals surface area contributed by atoms with E-state index in [0.29, 0.717) is 12.5 Å². The van der Waals surface area contributed by atoms with Crippen LogP contribution < -0.4 is 5.73 Å². The van der Waals surface area contributed by atoms with Gasteiger partial charge in [0.25, 0.3) is 0 Å². The molecule has 1 heterocycles. The Labute approximate surface area is 97.2 Å². The first kappa shape index (κ1) is 12.5. The molecule has 0 atom stereocenters. The lowest BCUT2D eigenvalue weighted by atomic mass is 10.3. The van der Waals surface area contributed by atoms with E-state index in [0.717, 1.165) is 25.2 Å². The summed E-state index contributed by atoms with van der Waals surface area (Å²) >= 11 is 0. The highest BCUT2D eigenvalue weighted by Gasteiger charge is 2.01. The lowest BCUT2D eigenvalue weighted by Crippen LogP contribution is -2.37. The van der Waals surface area contributed by atoms with Crippen LogP contribution in [0.4, 0.5) is 0 Å². The molecule has 0 aliphatic rings. The average molecular weight is 220 g/mol. The maximum absolute atomic E-state index is 5.86. The Hall–Kier alpha value is -1.58. The molecule has 1 rings (SSSR count). The van der Waals surface area contributed by atoms with Crippen LogP contribution >= 0.6 is 0 Å². The van der Waals surface area contributed by atoms with E-state index in [9.17, 15) is 0 Å². The SMILES string of the molecule is CCN(CC)C(N)=NCCc1ccccn1. The van der Waals surface area contributed by atoms with E-state index in [2.05, 4.69) is 23.8 Å². The second-order valence-corrected chi connectivity index (χ2v) is 3.48. The zero-order valence-electron chi connectivity index (χ0n) is 10.1. The van der Waals surface area contributed by atoms with Crippen molar-refractivity contribution in [2.75, 3.05) is 19.6 Å². The van der Waals surface area contributed by atoms with Crippen molar-refractivity contribution in [3.8, 4) is 0 Å². The molecule has 1 aromatic heterocycles. The number of aliphatic imine (C=N–C) groups is 1. The second-order valence-electron chi connectivity index (χ2n) is 3.48. The summed E-state index contributed by atoms with van der Waals surface area (Å²) in [5.41, 5.74) is 6.91. The fraction of sp³-hybridized carbons (Fsp3) is 0.500. The van der Waals surface area contributed by atoms with E-state index in [1.54, 1.807) is 6.20 Å². The fourth-order valence-corrected chi connectivity index (χ4v) is 1.48. The van der Waals surface area contributed by atoms with Crippen LogP contribution in [0, 0.1) is 0 Å². The van der Waals surface area contributed by atoms with Crippen molar-refractivity contribution in [1.82, 2.24) is 9.88 Å². The maximum atomic E-state index is 5.86. The average Bonchev–Trinajstić information content (AvgIpc) is 2.32. The normalized spacial score (nSPS) is 11.5. The summed E-state index contributed by atoms with van der Waals surface area (Å²) < 4.78 is 0. The molecule has 0 fully saturated rings. The molecular weight excluding hydrogens is 200 g/mol. The van der Waals surface area contributed by atoms with E-state index in [1.807, 2.05) is 23.1 Å². The van der Waals surface area contributed by atoms with Gasteiger partial charge in [0.05, 0.1) is 0 Å². The Bertz CT molecular complexity index is 317. The first-order valence-corrected chi connectivity index (χ1v) is 5.72. The largest absolute Gasteiger partial charge is 0.370 e. The zero-order valence-corrected chi connectivity index (χ0v) is 10.1. The Morgan fingerprint density at radius 2 is 2.12 bits per heavy atom. The smallest absolute Gasteiger partial charge is 0.191 e. The number of guanidine groups is 1. The van der Waals surface area contributed by atoms with Crippen LogP contribution in [0.15, 0.2) is 29.4 Å². The number of nitrogens with zero attached hydrogens (tertiary/aromatic N) is 3. The highest BCUT2D eigenvalue weighted by molar-refractivity contribution is 5.77. The summed E-state index contributed by atoms with van der Waals surface area (Å²) in [4.78, 5) is 10.6. The van der Waals surface area contributed by atoms with Crippen molar-refractivity contribution in [2.24, 2.45) is 10.7 Å². The number of aromatic nitrogens is 1. The lowest BCUT2D eigenvalue weighted by molar-refractivity contribution is 0.458. The highest BCUT2D eigenvalue weighted by atomic mass is 15.2. The molecule has 0 aromatic carbocycles. The minimum atomic E-state index is 0.626. The molecule has 0 amide bonds. The van der Waals surface area contributed by atoms with E-state index in [4.69, 9.17) is 5.73 Å². The molecule has 0 aliphatic carbocycles. The minimum Gasteiger partial charge on any atom is -0.370 e. The third kappa shape index (κ3) is 3.88. The monoisotopic (exact) mass is 220 g/mol. The quantitative estimate of drug-likeness (QED) is 0.601. The molecule has 1 aromatic rings. The summed E-state index contributed by atoms with van der Waals surface area (Å²) in [6, 6.07) is 5.90. The Balaban J connectivity index is 2.42. The molecule has 0 unspecified atom stereocenters. The molecule has 16 heavy (non-hydrogen) atoms. The number of nitrogens with two attached hydrogens (primary N) is 1. The Kier molecular flexibility index (Phi) is 5.32. The summed E-state index contributed by atoms with van der Waals surface area (Å²) in [7, 11) is 0. The third-order valence-electron chi connectivity index (χ3n) is 2.46. The molecule has 0 saturated carbocycles. The Morgan fingerprint density at radius 3 is 2.69 bits per heavy atom. The molecule has 88 valence electrons. The van der Waals surface area contributed by atoms with Crippen LogP contribution in [0.5, 0.6) is 0 Å². The first-order valence-electron chi connectivity index (χ1n) is 5.72. The number of pyridine rings is 1. The summed E-state index contributed by atoms with van der Waals surface area (Å²) in [5.74, 6) is 0.626.